The van der Waals surface area contributed by atoms with Gasteiger partial charge in [-0.25, -0.2) is 0 Å². The minimum Gasteiger partial charge on any atom is -0.324 e. The molecule has 0 saturated carbocycles. The van der Waals surface area contributed by atoms with Gasteiger partial charge in [0.25, 0.3) is 0 Å². The lowest BCUT2D eigenvalue weighted by Gasteiger charge is -2.16. The summed E-state index contributed by atoms with van der Waals surface area (Å²) in [5, 5.41) is 0. The maximum Gasteiger partial charge on any atom is 0.0266 e. The molecule has 1 atom stereocenters. The van der Waals surface area contributed by atoms with Gasteiger partial charge in [0.1, 0.15) is 0 Å². The molecular formula is C17H32N2. The minimum atomic E-state index is 0.159. The molecule has 0 aliphatic carbocycles. The van der Waals surface area contributed by atoms with Crippen molar-refractivity contribution in [2.75, 3.05) is 19.6 Å². The summed E-state index contributed by atoms with van der Waals surface area (Å²) in [6.45, 7) is 12.4. The van der Waals surface area contributed by atoms with Gasteiger partial charge in [-0.1, -0.05) is 63.9 Å². The number of benzene rings is 1. The standard InChI is InChI=1S/C9H21N.C8H11N/c1-4-7-8-9-10(5-2)6-3;1-7(9)8-5-3-2-4-6-8/h4-9H2,1-3H3;2-7H,9H2,1H3. The van der Waals surface area contributed by atoms with Gasteiger partial charge in [0.05, 0.1) is 0 Å². The normalized spacial score (nSPS) is 11.9. The van der Waals surface area contributed by atoms with Crippen LogP contribution in [0.15, 0.2) is 30.3 Å². The maximum atomic E-state index is 5.61. The molecule has 1 aromatic rings. The van der Waals surface area contributed by atoms with Crippen LogP contribution in [0.5, 0.6) is 0 Å². The summed E-state index contributed by atoms with van der Waals surface area (Å²) in [5.41, 5.74) is 6.81. The summed E-state index contributed by atoms with van der Waals surface area (Å²) in [6, 6.07) is 10.2. The van der Waals surface area contributed by atoms with Crippen molar-refractivity contribution in [1.29, 1.82) is 0 Å². The molecule has 1 unspecified atom stereocenters. The van der Waals surface area contributed by atoms with Crippen molar-refractivity contribution in [3.8, 4) is 0 Å². The van der Waals surface area contributed by atoms with E-state index in [4.69, 9.17) is 5.73 Å². The van der Waals surface area contributed by atoms with Gasteiger partial charge in [-0.2, -0.15) is 0 Å². The molecular weight excluding hydrogens is 232 g/mol. The fourth-order valence-electron chi connectivity index (χ4n) is 1.88. The zero-order valence-corrected chi connectivity index (χ0v) is 13.2. The van der Waals surface area contributed by atoms with Crippen LogP contribution in [0, 0.1) is 0 Å². The summed E-state index contributed by atoms with van der Waals surface area (Å²) < 4.78 is 0. The van der Waals surface area contributed by atoms with E-state index in [1.807, 2.05) is 37.3 Å². The number of hydrogen-bond acceptors (Lipinski definition) is 2. The van der Waals surface area contributed by atoms with Gasteiger partial charge in [0.2, 0.25) is 0 Å². The lowest BCUT2D eigenvalue weighted by molar-refractivity contribution is 0.296. The van der Waals surface area contributed by atoms with Crippen molar-refractivity contribution in [1.82, 2.24) is 4.90 Å². The van der Waals surface area contributed by atoms with E-state index in [0.717, 1.165) is 0 Å². The lowest BCUT2D eigenvalue weighted by Crippen LogP contribution is -2.23. The van der Waals surface area contributed by atoms with Gasteiger partial charge >= 0.3 is 0 Å². The van der Waals surface area contributed by atoms with E-state index in [1.54, 1.807) is 0 Å². The highest BCUT2D eigenvalue weighted by Crippen LogP contribution is 2.06. The Kier molecular flexibility index (Phi) is 11.6. The van der Waals surface area contributed by atoms with Crippen LogP contribution in [0.3, 0.4) is 0 Å². The van der Waals surface area contributed by atoms with E-state index in [9.17, 15) is 0 Å². The van der Waals surface area contributed by atoms with Gasteiger partial charge in [-0.15, -0.1) is 0 Å². The molecule has 0 bridgehead atoms. The average molecular weight is 264 g/mol. The Labute approximate surface area is 120 Å². The van der Waals surface area contributed by atoms with Crippen LogP contribution < -0.4 is 5.73 Å². The monoisotopic (exact) mass is 264 g/mol. The maximum absolute atomic E-state index is 5.61. The molecule has 0 radical (unpaired) electrons. The Morgan fingerprint density at radius 3 is 1.95 bits per heavy atom. The van der Waals surface area contributed by atoms with E-state index in [-0.39, 0.29) is 6.04 Å². The SMILES string of the molecule is CC(N)c1ccccc1.CCCCCN(CC)CC. The summed E-state index contributed by atoms with van der Waals surface area (Å²) in [5.74, 6) is 0. The molecule has 0 aliphatic heterocycles. The van der Waals surface area contributed by atoms with E-state index in [1.165, 1.54) is 44.5 Å². The van der Waals surface area contributed by atoms with Crippen LogP contribution in [0.2, 0.25) is 0 Å². The molecule has 2 heteroatoms. The molecule has 0 spiro atoms. The summed E-state index contributed by atoms with van der Waals surface area (Å²) >= 11 is 0. The Hall–Kier alpha value is -0.860. The second-order valence-electron chi connectivity index (χ2n) is 4.93. The highest BCUT2D eigenvalue weighted by molar-refractivity contribution is 5.17. The van der Waals surface area contributed by atoms with Crippen LogP contribution in [0.4, 0.5) is 0 Å². The van der Waals surface area contributed by atoms with Gasteiger partial charge in [0, 0.05) is 6.04 Å². The molecule has 0 aliphatic rings. The van der Waals surface area contributed by atoms with Gasteiger partial charge in [-0.05, 0) is 38.5 Å². The number of nitrogens with zero attached hydrogens (tertiary/aromatic N) is 1. The molecule has 0 saturated heterocycles. The topological polar surface area (TPSA) is 29.3 Å². The molecule has 19 heavy (non-hydrogen) atoms. The van der Waals surface area contributed by atoms with Gasteiger partial charge in [0.15, 0.2) is 0 Å². The third kappa shape index (κ3) is 9.69. The predicted molar refractivity (Wildman–Crippen MR) is 86.4 cm³/mol. The average Bonchev–Trinajstić information content (AvgIpc) is 2.45. The third-order valence-electron chi connectivity index (χ3n) is 3.30. The lowest BCUT2D eigenvalue weighted by atomic mass is 10.1. The minimum absolute atomic E-state index is 0.159. The summed E-state index contributed by atoms with van der Waals surface area (Å²) in [7, 11) is 0. The molecule has 110 valence electrons. The van der Waals surface area contributed by atoms with Crippen LogP contribution in [0.25, 0.3) is 0 Å². The molecule has 0 amide bonds. The Balaban J connectivity index is 0.000000342. The van der Waals surface area contributed by atoms with E-state index in [2.05, 4.69) is 25.7 Å². The molecule has 1 aromatic carbocycles. The smallest absolute Gasteiger partial charge is 0.0266 e. The highest BCUT2D eigenvalue weighted by atomic mass is 15.1. The first-order chi connectivity index (χ1) is 9.15. The Morgan fingerprint density at radius 1 is 1.00 bits per heavy atom. The van der Waals surface area contributed by atoms with Crippen LogP contribution in [-0.2, 0) is 0 Å². The first kappa shape index (κ1) is 18.1. The van der Waals surface area contributed by atoms with Crippen molar-refractivity contribution in [2.45, 2.75) is 53.0 Å². The molecule has 2 nitrogen and oxygen atoms in total. The van der Waals surface area contributed by atoms with Crippen molar-refractivity contribution in [3.63, 3.8) is 0 Å². The summed E-state index contributed by atoms with van der Waals surface area (Å²) in [4.78, 5) is 2.48. The quantitative estimate of drug-likeness (QED) is 0.747. The second-order valence-corrected chi connectivity index (χ2v) is 4.93. The largest absolute Gasteiger partial charge is 0.324 e. The molecule has 0 heterocycles. The molecule has 2 N–H and O–H groups in total. The summed E-state index contributed by atoms with van der Waals surface area (Å²) in [6.07, 6.45) is 4.09. The van der Waals surface area contributed by atoms with E-state index >= 15 is 0 Å². The highest BCUT2D eigenvalue weighted by Gasteiger charge is 1.96. The molecule has 0 aromatic heterocycles. The fraction of sp³-hybridized carbons (Fsp3) is 0.647. The fourth-order valence-corrected chi connectivity index (χ4v) is 1.88. The predicted octanol–water partition coefficient (Wildman–Crippen LogP) is 4.22. The van der Waals surface area contributed by atoms with Gasteiger partial charge in [-0.3, -0.25) is 0 Å². The Morgan fingerprint density at radius 2 is 1.58 bits per heavy atom. The zero-order chi connectivity index (χ0) is 14.5. The molecule has 1 rings (SSSR count). The first-order valence-corrected chi connectivity index (χ1v) is 7.68. The van der Waals surface area contributed by atoms with Crippen LogP contribution >= 0.6 is 0 Å². The van der Waals surface area contributed by atoms with Crippen molar-refractivity contribution < 1.29 is 0 Å². The van der Waals surface area contributed by atoms with Gasteiger partial charge < -0.3 is 10.6 Å². The number of rotatable bonds is 7. The van der Waals surface area contributed by atoms with Crippen molar-refractivity contribution in [2.24, 2.45) is 5.73 Å². The third-order valence-corrected chi connectivity index (χ3v) is 3.30. The second kappa shape index (κ2) is 12.2. The zero-order valence-electron chi connectivity index (χ0n) is 13.2. The van der Waals surface area contributed by atoms with E-state index < -0.39 is 0 Å². The van der Waals surface area contributed by atoms with E-state index in [0.29, 0.717) is 0 Å². The number of hydrogen-bond donors (Lipinski definition) is 1. The number of unbranched alkanes of at least 4 members (excludes halogenated alkanes) is 2. The first-order valence-electron chi connectivity index (χ1n) is 7.68. The van der Waals surface area contributed by atoms with Crippen LogP contribution in [-0.4, -0.2) is 24.5 Å². The molecule has 0 fully saturated rings. The Bertz CT molecular complexity index is 279. The van der Waals surface area contributed by atoms with Crippen molar-refractivity contribution >= 4 is 0 Å². The van der Waals surface area contributed by atoms with Crippen molar-refractivity contribution in [3.05, 3.63) is 35.9 Å². The van der Waals surface area contributed by atoms with Crippen LogP contribution in [0.1, 0.15) is 58.6 Å². The number of nitrogens with two attached hydrogens (primary N) is 1.